The molecule has 33 heavy (non-hydrogen) atoms. The summed E-state index contributed by atoms with van der Waals surface area (Å²) in [5.74, 6) is -0.747. The minimum atomic E-state index is -0.842. The molecule has 1 saturated heterocycles. The van der Waals surface area contributed by atoms with Crippen molar-refractivity contribution in [1.82, 2.24) is 19.8 Å². The molecule has 0 bridgehead atoms. The van der Waals surface area contributed by atoms with E-state index in [-0.39, 0.29) is 55.3 Å². The summed E-state index contributed by atoms with van der Waals surface area (Å²) in [5.41, 5.74) is 3.91. The summed E-state index contributed by atoms with van der Waals surface area (Å²) in [7, 11) is 0. The van der Waals surface area contributed by atoms with E-state index in [1.807, 2.05) is 27.7 Å². The number of rotatable bonds is 8. The molecule has 4 amide bonds. The van der Waals surface area contributed by atoms with Crippen molar-refractivity contribution in [3.8, 4) is 0 Å². The van der Waals surface area contributed by atoms with Crippen molar-refractivity contribution in [2.24, 2.45) is 11.8 Å². The molecule has 2 heterocycles. The number of nitrogens with zero attached hydrogens (tertiary/aromatic N) is 3. The zero-order valence-electron chi connectivity index (χ0n) is 19.8. The summed E-state index contributed by atoms with van der Waals surface area (Å²) in [6, 6.07) is -0.493. The number of carbonyl (C=O) groups excluding carboxylic acids is 3. The number of aromatic amines is 1. The molecule has 2 fully saturated rings. The smallest absolute Gasteiger partial charge is 0.330 e. The number of aromatic nitrogens is 2. The number of hydrogen-bond acceptors (Lipinski definition) is 6. The Bertz CT molecular complexity index is 1050. The van der Waals surface area contributed by atoms with Crippen LogP contribution in [0.15, 0.2) is 9.59 Å². The molecule has 1 aromatic heterocycles. The molecule has 1 saturated carbocycles. The molecule has 0 radical (unpaired) electrons. The second-order valence-electron chi connectivity index (χ2n) is 9.82. The van der Waals surface area contributed by atoms with E-state index in [0.29, 0.717) is 12.8 Å². The Hall–Kier alpha value is -3.11. The van der Waals surface area contributed by atoms with Gasteiger partial charge in [-0.05, 0) is 24.7 Å². The first-order valence-electron chi connectivity index (χ1n) is 11.5. The normalized spacial score (nSPS) is 17.5. The largest absolute Gasteiger partial charge is 0.383 e. The van der Waals surface area contributed by atoms with Crippen LogP contribution in [0.4, 0.5) is 16.3 Å². The standard InChI is InChI=1S/C22H34N6O5/c1-13(2)11-27(16-17(23)28(12-14(3)4)20(32)24-18(16)30)15(29)7-10-26-19(31)22(25-21(26)33)8-5-6-9-22/h13-14H,5-12,23H2,1-4H3,(H,25,33)(H,24,30,32). The van der Waals surface area contributed by atoms with Gasteiger partial charge in [0.15, 0.2) is 5.69 Å². The number of hydrogen-bond donors (Lipinski definition) is 3. The van der Waals surface area contributed by atoms with Gasteiger partial charge in [-0.3, -0.25) is 28.8 Å². The fourth-order valence-electron chi connectivity index (χ4n) is 4.61. The number of nitrogen functional groups attached to an aromatic ring is 1. The lowest BCUT2D eigenvalue weighted by atomic mass is 9.98. The Balaban J connectivity index is 1.86. The minimum Gasteiger partial charge on any atom is -0.383 e. The molecule has 1 aliphatic carbocycles. The van der Waals surface area contributed by atoms with Crippen LogP contribution in [0.2, 0.25) is 0 Å². The average Bonchev–Trinajstić information content (AvgIpc) is 3.27. The molecule has 4 N–H and O–H groups in total. The zero-order valence-corrected chi connectivity index (χ0v) is 19.8. The molecule has 3 rings (SSSR count). The summed E-state index contributed by atoms with van der Waals surface area (Å²) < 4.78 is 1.25. The first kappa shape index (κ1) is 24.5. The number of nitrogens with two attached hydrogens (primary N) is 1. The third kappa shape index (κ3) is 4.81. The van der Waals surface area contributed by atoms with E-state index in [4.69, 9.17) is 5.73 Å². The number of H-pyrrole nitrogens is 1. The maximum Gasteiger partial charge on any atom is 0.330 e. The van der Waals surface area contributed by atoms with Gasteiger partial charge in [0.1, 0.15) is 11.4 Å². The molecule has 11 heteroatoms. The maximum absolute atomic E-state index is 13.2. The second kappa shape index (κ2) is 9.40. The highest BCUT2D eigenvalue weighted by atomic mass is 16.2. The number of amides is 4. The lowest BCUT2D eigenvalue weighted by Gasteiger charge is -2.27. The van der Waals surface area contributed by atoms with Crippen LogP contribution in [0, 0.1) is 11.8 Å². The van der Waals surface area contributed by atoms with Crippen molar-refractivity contribution < 1.29 is 14.4 Å². The molecule has 1 aliphatic heterocycles. The highest BCUT2D eigenvalue weighted by molar-refractivity contribution is 6.07. The molecule has 182 valence electrons. The van der Waals surface area contributed by atoms with Crippen molar-refractivity contribution in [1.29, 1.82) is 0 Å². The van der Waals surface area contributed by atoms with Crippen LogP contribution in [0.25, 0.3) is 0 Å². The third-order valence-electron chi connectivity index (χ3n) is 6.13. The van der Waals surface area contributed by atoms with Gasteiger partial charge in [-0.2, -0.15) is 0 Å². The summed E-state index contributed by atoms with van der Waals surface area (Å²) >= 11 is 0. The summed E-state index contributed by atoms with van der Waals surface area (Å²) in [4.78, 5) is 68.1. The number of urea groups is 1. The Kier molecular flexibility index (Phi) is 6.99. The van der Waals surface area contributed by atoms with Crippen molar-refractivity contribution in [3.63, 3.8) is 0 Å². The maximum atomic E-state index is 13.2. The predicted molar refractivity (Wildman–Crippen MR) is 124 cm³/mol. The van der Waals surface area contributed by atoms with Gasteiger partial charge in [-0.1, -0.05) is 40.5 Å². The van der Waals surface area contributed by atoms with Crippen LogP contribution < -0.4 is 27.2 Å². The first-order chi connectivity index (χ1) is 15.5. The SMILES string of the molecule is CC(C)CN(C(=O)CCN1C(=O)NC2(CCCC2)C1=O)c1c(N)n(CC(C)C)c(=O)[nH]c1=O. The Morgan fingerprint density at radius 2 is 1.73 bits per heavy atom. The Morgan fingerprint density at radius 1 is 1.09 bits per heavy atom. The monoisotopic (exact) mass is 462 g/mol. The third-order valence-corrected chi connectivity index (χ3v) is 6.13. The Morgan fingerprint density at radius 3 is 2.30 bits per heavy atom. The highest BCUT2D eigenvalue weighted by Crippen LogP contribution is 2.35. The van der Waals surface area contributed by atoms with Crippen LogP contribution in [0.3, 0.4) is 0 Å². The van der Waals surface area contributed by atoms with E-state index in [0.717, 1.165) is 17.7 Å². The van der Waals surface area contributed by atoms with Gasteiger partial charge < -0.3 is 16.0 Å². The van der Waals surface area contributed by atoms with Crippen molar-refractivity contribution in [2.75, 3.05) is 23.7 Å². The number of anilines is 2. The van der Waals surface area contributed by atoms with E-state index in [1.54, 1.807) is 0 Å². The number of imide groups is 1. The van der Waals surface area contributed by atoms with Gasteiger partial charge in [0.25, 0.3) is 11.5 Å². The highest BCUT2D eigenvalue weighted by Gasteiger charge is 2.52. The quantitative estimate of drug-likeness (QED) is 0.491. The van der Waals surface area contributed by atoms with Crippen LogP contribution in [0.5, 0.6) is 0 Å². The van der Waals surface area contributed by atoms with Crippen molar-refractivity contribution in [3.05, 3.63) is 20.8 Å². The van der Waals surface area contributed by atoms with E-state index < -0.39 is 28.7 Å². The van der Waals surface area contributed by atoms with Gasteiger partial charge in [-0.15, -0.1) is 0 Å². The van der Waals surface area contributed by atoms with E-state index >= 15 is 0 Å². The Labute approximate surface area is 192 Å². The molecule has 1 aromatic rings. The van der Waals surface area contributed by atoms with Gasteiger partial charge in [0, 0.05) is 26.1 Å². The molecule has 0 unspecified atom stereocenters. The molecular formula is C22H34N6O5. The van der Waals surface area contributed by atoms with Crippen LogP contribution in [-0.2, 0) is 16.1 Å². The topological polar surface area (TPSA) is 151 Å². The minimum absolute atomic E-state index is 0.00305. The van der Waals surface area contributed by atoms with Gasteiger partial charge in [0.05, 0.1) is 0 Å². The van der Waals surface area contributed by atoms with E-state index in [1.165, 1.54) is 9.47 Å². The molecule has 0 aromatic carbocycles. The summed E-state index contributed by atoms with van der Waals surface area (Å²) in [6.45, 7) is 7.96. The number of nitrogens with one attached hydrogen (secondary N) is 2. The van der Waals surface area contributed by atoms with Gasteiger partial charge in [-0.25, -0.2) is 9.59 Å². The number of carbonyl (C=O) groups is 3. The average molecular weight is 463 g/mol. The van der Waals surface area contributed by atoms with Crippen LogP contribution in [-0.4, -0.2) is 50.9 Å². The molecular weight excluding hydrogens is 428 g/mol. The van der Waals surface area contributed by atoms with Crippen LogP contribution >= 0.6 is 0 Å². The van der Waals surface area contributed by atoms with Crippen molar-refractivity contribution >= 4 is 29.4 Å². The molecule has 0 atom stereocenters. The van der Waals surface area contributed by atoms with Gasteiger partial charge >= 0.3 is 11.7 Å². The van der Waals surface area contributed by atoms with E-state index in [9.17, 15) is 24.0 Å². The fraction of sp³-hybridized carbons (Fsp3) is 0.682. The molecule has 11 nitrogen and oxygen atoms in total. The van der Waals surface area contributed by atoms with E-state index in [2.05, 4.69) is 10.3 Å². The lowest BCUT2D eigenvalue weighted by molar-refractivity contribution is -0.131. The molecule has 1 spiro atoms. The zero-order chi connectivity index (χ0) is 24.5. The lowest BCUT2D eigenvalue weighted by Crippen LogP contribution is -2.45. The summed E-state index contributed by atoms with van der Waals surface area (Å²) in [6.07, 6.45) is 2.78. The van der Waals surface area contributed by atoms with Gasteiger partial charge in [0.2, 0.25) is 5.91 Å². The summed E-state index contributed by atoms with van der Waals surface area (Å²) in [5, 5.41) is 2.80. The molecule has 2 aliphatic rings. The van der Waals surface area contributed by atoms with Crippen LogP contribution in [0.1, 0.15) is 59.8 Å². The first-order valence-corrected chi connectivity index (χ1v) is 11.5. The fourth-order valence-corrected chi connectivity index (χ4v) is 4.61. The second-order valence-corrected chi connectivity index (χ2v) is 9.82. The van der Waals surface area contributed by atoms with Crippen molar-refractivity contribution in [2.45, 2.75) is 71.9 Å². The predicted octanol–water partition coefficient (Wildman–Crippen LogP) is 1.02.